The summed E-state index contributed by atoms with van der Waals surface area (Å²) in [5.41, 5.74) is 3.41. The van der Waals surface area contributed by atoms with Crippen LogP contribution in [0.1, 0.15) is 16.1 Å². The maximum absolute atomic E-state index is 12.6. The molecule has 0 spiro atoms. The molecule has 0 radical (unpaired) electrons. The quantitative estimate of drug-likeness (QED) is 0.512. The van der Waals surface area contributed by atoms with Crippen LogP contribution in [-0.2, 0) is 7.05 Å². The molecule has 0 amide bonds. The summed E-state index contributed by atoms with van der Waals surface area (Å²) in [6, 6.07) is 13.9. The average Bonchev–Trinajstić information content (AvgIpc) is 2.91. The van der Waals surface area contributed by atoms with Crippen LogP contribution in [-0.4, -0.2) is 0 Å². The minimum Gasteiger partial charge on any atom is -0.463 e. The number of hydrogen-bond donors (Lipinski definition) is 0. The van der Waals surface area contributed by atoms with E-state index in [1.165, 1.54) is 16.5 Å². The Balaban J connectivity index is 1.80. The molecule has 2 aromatic carbocycles. The van der Waals surface area contributed by atoms with Gasteiger partial charge in [0.05, 0.1) is 10.9 Å². The van der Waals surface area contributed by atoms with Crippen LogP contribution in [0, 0.1) is 6.92 Å². The van der Waals surface area contributed by atoms with E-state index in [0.717, 1.165) is 10.6 Å². The molecule has 4 aromatic rings. The van der Waals surface area contributed by atoms with Crippen LogP contribution >= 0.6 is 11.3 Å². The molecule has 0 aliphatic carbocycles. The number of thiazole rings is 1. The summed E-state index contributed by atoms with van der Waals surface area (Å²) >= 11 is 1.70. The van der Waals surface area contributed by atoms with Gasteiger partial charge < -0.3 is 4.42 Å². The molecule has 0 aliphatic rings. The van der Waals surface area contributed by atoms with E-state index in [1.54, 1.807) is 11.3 Å². The molecule has 3 nitrogen and oxygen atoms in total. The van der Waals surface area contributed by atoms with Crippen molar-refractivity contribution in [2.24, 2.45) is 7.05 Å². The molecular weight excluding hydrogens is 318 g/mol. The number of fused-ring (bicyclic) bond motifs is 2. The molecule has 0 atom stereocenters. The molecule has 0 unspecified atom stereocenters. The first-order valence-corrected chi connectivity index (χ1v) is 8.53. The predicted octanol–water partition coefficient (Wildman–Crippen LogP) is 4.31. The summed E-state index contributed by atoms with van der Waals surface area (Å²) in [6.45, 7) is 1.97. The van der Waals surface area contributed by atoms with Crippen LogP contribution in [0.25, 0.3) is 33.3 Å². The van der Waals surface area contributed by atoms with Crippen LogP contribution in [0.3, 0.4) is 0 Å². The highest BCUT2D eigenvalue weighted by Gasteiger charge is 2.13. The molecular formula is C20H16NO2S+. The van der Waals surface area contributed by atoms with E-state index in [4.69, 9.17) is 4.42 Å². The molecule has 24 heavy (non-hydrogen) atoms. The molecule has 0 N–H and O–H groups in total. The van der Waals surface area contributed by atoms with E-state index in [0.29, 0.717) is 16.5 Å². The van der Waals surface area contributed by atoms with Gasteiger partial charge in [-0.05, 0) is 31.2 Å². The Morgan fingerprint density at radius 3 is 2.79 bits per heavy atom. The number of benzene rings is 2. The van der Waals surface area contributed by atoms with E-state index >= 15 is 0 Å². The van der Waals surface area contributed by atoms with Crippen molar-refractivity contribution in [1.29, 1.82) is 0 Å². The molecule has 0 fully saturated rings. The number of rotatable bonds is 2. The highest BCUT2D eigenvalue weighted by Crippen LogP contribution is 2.21. The smallest absolute Gasteiger partial charge is 0.262 e. The second kappa shape index (κ2) is 5.73. The SMILES string of the molecule is Cc1ccc2occ(/C=C/c3sc4ccccc4[n+]3C)c(=O)c2c1. The topological polar surface area (TPSA) is 34.1 Å². The first kappa shape index (κ1) is 14.8. The molecule has 4 heteroatoms. The third kappa shape index (κ3) is 2.45. The third-order valence-corrected chi connectivity index (χ3v) is 5.32. The van der Waals surface area contributed by atoms with Crippen molar-refractivity contribution >= 4 is 44.7 Å². The van der Waals surface area contributed by atoms with Gasteiger partial charge in [-0.15, -0.1) is 0 Å². The largest absolute Gasteiger partial charge is 0.463 e. The highest BCUT2D eigenvalue weighted by atomic mass is 32.1. The fraction of sp³-hybridized carbons (Fsp3) is 0.100. The molecule has 4 rings (SSSR count). The van der Waals surface area contributed by atoms with Gasteiger partial charge in [-0.2, -0.15) is 4.57 Å². The van der Waals surface area contributed by atoms with Gasteiger partial charge in [0.2, 0.25) is 5.52 Å². The van der Waals surface area contributed by atoms with Gasteiger partial charge in [0.1, 0.15) is 23.6 Å². The van der Waals surface area contributed by atoms with Gasteiger partial charge in [-0.25, -0.2) is 0 Å². The standard InChI is InChI=1S/C20H16NO2S/c1-13-7-9-17-15(11-13)20(22)14(12-23-17)8-10-19-21(2)16-5-3-4-6-18(16)24-19/h3-12H,1-2H3/q+1/b10-8+. The van der Waals surface area contributed by atoms with Crippen molar-refractivity contribution in [3.05, 3.63) is 75.1 Å². The van der Waals surface area contributed by atoms with Crippen molar-refractivity contribution in [3.63, 3.8) is 0 Å². The van der Waals surface area contributed by atoms with Crippen molar-refractivity contribution < 1.29 is 8.98 Å². The normalized spacial score (nSPS) is 11.8. The van der Waals surface area contributed by atoms with Gasteiger partial charge in [-0.3, -0.25) is 4.79 Å². The highest BCUT2D eigenvalue weighted by molar-refractivity contribution is 7.18. The molecule has 0 saturated carbocycles. The molecule has 118 valence electrons. The van der Waals surface area contributed by atoms with Crippen LogP contribution in [0.15, 0.2) is 57.9 Å². The molecule has 2 aromatic heterocycles. The fourth-order valence-electron chi connectivity index (χ4n) is 2.80. The Labute approximate surface area is 143 Å². The summed E-state index contributed by atoms with van der Waals surface area (Å²) in [5.74, 6) is 0. The predicted molar refractivity (Wildman–Crippen MR) is 99.2 cm³/mol. The van der Waals surface area contributed by atoms with Crippen molar-refractivity contribution in [2.75, 3.05) is 0 Å². The monoisotopic (exact) mass is 334 g/mol. The van der Waals surface area contributed by atoms with Gasteiger partial charge in [0.25, 0.3) is 5.01 Å². The maximum Gasteiger partial charge on any atom is 0.262 e. The lowest BCUT2D eigenvalue weighted by Crippen LogP contribution is -2.28. The Morgan fingerprint density at radius 2 is 1.96 bits per heavy atom. The lowest BCUT2D eigenvalue weighted by atomic mass is 10.1. The van der Waals surface area contributed by atoms with Crippen LogP contribution in [0.4, 0.5) is 0 Å². The van der Waals surface area contributed by atoms with E-state index in [2.05, 4.69) is 16.7 Å². The third-order valence-electron chi connectivity index (χ3n) is 4.13. The van der Waals surface area contributed by atoms with Crippen molar-refractivity contribution in [1.82, 2.24) is 0 Å². The lowest BCUT2D eigenvalue weighted by Gasteiger charge is -1.99. The molecule has 0 aliphatic heterocycles. The molecule has 2 heterocycles. The summed E-state index contributed by atoms with van der Waals surface area (Å²) < 4.78 is 8.95. The van der Waals surface area contributed by atoms with Gasteiger partial charge in [-0.1, -0.05) is 35.1 Å². The zero-order chi connectivity index (χ0) is 16.7. The first-order valence-electron chi connectivity index (χ1n) is 7.71. The van der Waals surface area contributed by atoms with Gasteiger partial charge in [0, 0.05) is 12.1 Å². The molecule has 0 saturated heterocycles. The van der Waals surface area contributed by atoms with Crippen LogP contribution in [0.5, 0.6) is 0 Å². The Hall–Kier alpha value is -2.72. The second-order valence-corrected chi connectivity index (χ2v) is 6.88. The summed E-state index contributed by atoms with van der Waals surface area (Å²) in [4.78, 5) is 12.6. The van der Waals surface area contributed by atoms with Crippen LogP contribution < -0.4 is 10.00 Å². The fourth-order valence-corrected chi connectivity index (χ4v) is 3.86. The number of aromatic nitrogens is 1. The zero-order valence-electron chi connectivity index (χ0n) is 13.4. The summed E-state index contributed by atoms with van der Waals surface area (Å²) in [6.07, 6.45) is 5.33. The lowest BCUT2D eigenvalue weighted by molar-refractivity contribution is -0.642. The number of hydrogen-bond acceptors (Lipinski definition) is 3. The Kier molecular flexibility index (Phi) is 3.54. The summed E-state index contributed by atoms with van der Waals surface area (Å²) in [5, 5.41) is 1.71. The van der Waals surface area contributed by atoms with Gasteiger partial charge in [0.15, 0.2) is 5.43 Å². The van der Waals surface area contributed by atoms with Crippen molar-refractivity contribution in [3.8, 4) is 0 Å². The van der Waals surface area contributed by atoms with Crippen molar-refractivity contribution in [2.45, 2.75) is 6.92 Å². The first-order chi connectivity index (χ1) is 11.6. The Bertz CT molecular complexity index is 1150. The minimum atomic E-state index is -0.0000332. The van der Waals surface area contributed by atoms with Gasteiger partial charge >= 0.3 is 0 Å². The number of nitrogens with zero attached hydrogens (tertiary/aromatic N) is 1. The van der Waals surface area contributed by atoms with E-state index < -0.39 is 0 Å². The Morgan fingerprint density at radius 1 is 1.12 bits per heavy atom. The minimum absolute atomic E-state index is 0.0000332. The zero-order valence-corrected chi connectivity index (χ0v) is 14.3. The van der Waals surface area contributed by atoms with Crippen LogP contribution in [0.2, 0.25) is 0 Å². The number of para-hydroxylation sites is 1. The van der Waals surface area contributed by atoms with E-state index in [1.807, 2.05) is 56.5 Å². The maximum atomic E-state index is 12.6. The second-order valence-electron chi connectivity index (χ2n) is 5.82. The van der Waals surface area contributed by atoms with E-state index in [-0.39, 0.29) is 5.43 Å². The molecule has 0 bridgehead atoms. The van der Waals surface area contributed by atoms with E-state index in [9.17, 15) is 4.79 Å². The number of aryl methyl sites for hydroxylation is 2. The summed E-state index contributed by atoms with van der Waals surface area (Å²) in [7, 11) is 2.03. The average molecular weight is 334 g/mol.